The first kappa shape index (κ1) is 11.8. The Labute approximate surface area is 91.3 Å². The quantitative estimate of drug-likeness (QED) is 0.548. The summed E-state index contributed by atoms with van der Waals surface area (Å²) in [6.07, 6.45) is 0.431. The molecule has 0 aliphatic carbocycles. The molecule has 0 saturated heterocycles. The van der Waals surface area contributed by atoms with Gasteiger partial charge in [0.2, 0.25) is 0 Å². The van der Waals surface area contributed by atoms with E-state index in [9.17, 15) is 4.79 Å². The average Bonchev–Trinajstić information content (AvgIpc) is 1.99. The molecule has 82 valence electrons. The number of rotatable bonds is 2. The predicted octanol–water partition coefficient (Wildman–Crippen LogP) is 3.34. The van der Waals surface area contributed by atoms with E-state index in [4.69, 9.17) is 4.74 Å². The minimum atomic E-state index is -0.173. The van der Waals surface area contributed by atoms with Gasteiger partial charge in [0.15, 0.2) is 0 Å². The summed E-state index contributed by atoms with van der Waals surface area (Å²) in [5.41, 5.74) is 1.07. The van der Waals surface area contributed by atoms with Crippen LogP contribution < -0.4 is 4.74 Å². The second-order valence-electron chi connectivity index (χ2n) is 5.03. The van der Waals surface area contributed by atoms with E-state index in [0.717, 1.165) is 5.56 Å². The maximum absolute atomic E-state index is 11.5. The van der Waals surface area contributed by atoms with Crippen LogP contribution >= 0.6 is 0 Å². The van der Waals surface area contributed by atoms with Crippen LogP contribution in [0.3, 0.4) is 0 Å². The Morgan fingerprint density at radius 2 is 2.00 bits per heavy atom. The number of carbonyl (C=O) groups excluding carboxylic acids is 1. The van der Waals surface area contributed by atoms with Crippen molar-refractivity contribution >= 4 is 5.97 Å². The van der Waals surface area contributed by atoms with E-state index in [-0.39, 0.29) is 11.4 Å². The van der Waals surface area contributed by atoms with Crippen molar-refractivity contribution in [3.63, 3.8) is 0 Å². The fourth-order valence-electron chi connectivity index (χ4n) is 1.28. The van der Waals surface area contributed by atoms with Gasteiger partial charge in [0.25, 0.3) is 0 Å². The molecular formula is C13H18O2. The Morgan fingerprint density at radius 1 is 1.33 bits per heavy atom. The van der Waals surface area contributed by atoms with Crippen LogP contribution in [-0.4, -0.2) is 5.97 Å². The molecule has 0 amide bonds. The second kappa shape index (κ2) is 4.47. The molecule has 0 spiro atoms. The van der Waals surface area contributed by atoms with E-state index in [1.807, 2.05) is 45.9 Å². The normalized spacial score (nSPS) is 11.2. The highest BCUT2D eigenvalue weighted by atomic mass is 16.5. The van der Waals surface area contributed by atoms with Crippen LogP contribution in [0, 0.1) is 12.3 Å². The van der Waals surface area contributed by atoms with Crippen molar-refractivity contribution in [1.29, 1.82) is 0 Å². The van der Waals surface area contributed by atoms with E-state index in [1.165, 1.54) is 0 Å². The van der Waals surface area contributed by atoms with Crippen molar-refractivity contribution in [3.8, 4) is 5.75 Å². The number of ether oxygens (including phenoxy) is 1. The fourth-order valence-corrected chi connectivity index (χ4v) is 1.28. The summed E-state index contributed by atoms with van der Waals surface area (Å²) < 4.78 is 5.23. The van der Waals surface area contributed by atoms with Gasteiger partial charge in [-0.3, -0.25) is 4.79 Å². The van der Waals surface area contributed by atoms with Crippen molar-refractivity contribution in [2.45, 2.75) is 34.1 Å². The van der Waals surface area contributed by atoms with Gasteiger partial charge in [-0.25, -0.2) is 0 Å². The summed E-state index contributed by atoms with van der Waals surface area (Å²) in [7, 11) is 0. The molecule has 0 radical (unpaired) electrons. The minimum Gasteiger partial charge on any atom is -0.427 e. The lowest BCUT2D eigenvalue weighted by molar-refractivity contribution is -0.136. The Morgan fingerprint density at radius 3 is 2.53 bits per heavy atom. The van der Waals surface area contributed by atoms with Gasteiger partial charge in [0.1, 0.15) is 5.75 Å². The summed E-state index contributed by atoms with van der Waals surface area (Å²) in [4.78, 5) is 11.5. The zero-order valence-electron chi connectivity index (χ0n) is 9.83. The third-order valence-electron chi connectivity index (χ3n) is 1.90. The first-order chi connectivity index (χ1) is 6.87. The first-order valence-corrected chi connectivity index (χ1v) is 5.14. The zero-order valence-corrected chi connectivity index (χ0v) is 9.83. The molecule has 0 aromatic heterocycles. The third kappa shape index (κ3) is 4.63. The van der Waals surface area contributed by atoms with Crippen LogP contribution in [0.4, 0.5) is 0 Å². The molecule has 1 aromatic rings. The average molecular weight is 206 g/mol. The number of benzene rings is 1. The van der Waals surface area contributed by atoms with E-state index in [1.54, 1.807) is 6.07 Å². The molecule has 0 unspecified atom stereocenters. The van der Waals surface area contributed by atoms with E-state index in [2.05, 4.69) is 0 Å². The van der Waals surface area contributed by atoms with Gasteiger partial charge < -0.3 is 4.74 Å². The van der Waals surface area contributed by atoms with Crippen molar-refractivity contribution in [2.24, 2.45) is 5.41 Å². The molecule has 0 heterocycles. The highest BCUT2D eigenvalue weighted by molar-refractivity contribution is 5.73. The van der Waals surface area contributed by atoms with Crippen molar-refractivity contribution in [1.82, 2.24) is 0 Å². The Balaban J connectivity index is 2.59. The van der Waals surface area contributed by atoms with Gasteiger partial charge in [0, 0.05) is 0 Å². The van der Waals surface area contributed by atoms with Gasteiger partial charge in [-0.15, -0.1) is 0 Å². The van der Waals surface area contributed by atoms with Crippen molar-refractivity contribution in [3.05, 3.63) is 29.8 Å². The lowest BCUT2D eigenvalue weighted by atomic mass is 9.92. The summed E-state index contributed by atoms with van der Waals surface area (Å²) >= 11 is 0. The Bertz CT molecular complexity index is 348. The van der Waals surface area contributed by atoms with Gasteiger partial charge in [-0.1, -0.05) is 32.9 Å². The van der Waals surface area contributed by atoms with Crippen LogP contribution in [0.1, 0.15) is 32.8 Å². The summed E-state index contributed by atoms with van der Waals surface area (Å²) in [6.45, 7) is 8.03. The molecule has 2 heteroatoms. The largest absolute Gasteiger partial charge is 0.427 e. The molecule has 0 aliphatic heterocycles. The number of esters is 1. The Kier molecular flexibility index (Phi) is 3.51. The first-order valence-electron chi connectivity index (χ1n) is 5.14. The number of carbonyl (C=O) groups is 1. The van der Waals surface area contributed by atoms with Gasteiger partial charge in [-0.2, -0.15) is 0 Å². The Hall–Kier alpha value is -1.31. The monoisotopic (exact) mass is 206 g/mol. The topological polar surface area (TPSA) is 26.3 Å². The molecule has 0 fully saturated rings. The van der Waals surface area contributed by atoms with E-state index in [0.29, 0.717) is 12.2 Å². The number of hydrogen-bond acceptors (Lipinski definition) is 2. The van der Waals surface area contributed by atoms with Gasteiger partial charge >= 0.3 is 5.97 Å². The summed E-state index contributed by atoms with van der Waals surface area (Å²) in [5.74, 6) is 0.456. The third-order valence-corrected chi connectivity index (χ3v) is 1.90. The van der Waals surface area contributed by atoms with Gasteiger partial charge in [-0.05, 0) is 30.0 Å². The number of aryl methyl sites for hydroxylation is 1. The standard InChI is InChI=1S/C13H18O2/c1-10-6-5-7-11(8-10)15-12(14)9-13(2,3)4/h5-8H,9H2,1-4H3. The molecule has 15 heavy (non-hydrogen) atoms. The molecule has 1 rings (SSSR count). The summed E-state index contributed by atoms with van der Waals surface area (Å²) in [5, 5.41) is 0. The molecule has 1 aromatic carbocycles. The predicted molar refractivity (Wildman–Crippen MR) is 60.9 cm³/mol. The molecule has 0 saturated carbocycles. The maximum atomic E-state index is 11.5. The zero-order chi connectivity index (χ0) is 11.5. The summed E-state index contributed by atoms with van der Waals surface area (Å²) in [6, 6.07) is 7.52. The van der Waals surface area contributed by atoms with Gasteiger partial charge in [0.05, 0.1) is 6.42 Å². The molecule has 0 N–H and O–H groups in total. The van der Waals surface area contributed by atoms with Crippen LogP contribution in [0.25, 0.3) is 0 Å². The molecular weight excluding hydrogens is 188 g/mol. The fraction of sp³-hybridized carbons (Fsp3) is 0.462. The second-order valence-corrected chi connectivity index (χ2v) is 5.03. The van der Waals surface area contributed by atoms with E-state index >= 15 is 0 Å². The molecule has 0 aliphatic rings. The van der Waals surface area contributed by atoms with Crippen LogP contribution in [0.2, 0.25) is 0 Å². The highest BCUT2D eigenvalue weighted by Crippen LogP contribution is 2.20. The minimum absolute atomic E-state index is 0.0269. The number of hydrogen-bond donors (Lipinski definition) is 0. The molecule has 2 nitrogen and oxygen atoms in total. The van der Waals surface area contributed by atoms with Crippen LogP contribution in [0.15, 0.2) is 24.3 Å². The van der Waals surface area contributed by atoms with Crippen LogP contribution in [-0.2, 0) is 4.79 Å². The van der Waals surface area contributed by atoms with Crippen molar-refractivity contribution in [2.75, 3.05) is 0 Å². The lowest BCUT2D eigenvalue weighted by Gasteiger charge is -2.16. The molecule has 0 bridgehead atoms. The lowest BCUT2D eigenvalue weighted by Crippen LogP contribution is -2.17. The van der Waals surface area contributed by atoms with E-state index < -0.39 is 0 Å². The molecule has 0 atom stereocenters. The SMILES string of the molecule is Cc1cccc(OC(=O)CC(C)(C)C)c1. The van der Waals surface area contributed by atoms with Crippen molar-refractivity contribution < 1.29 is 9.53 Å². The maximum Gasteiger partial charge on any atom is 0.311 e. The van der Waals surface area contributed by atoms with Crippen LogP contribution in [0.5, 0.6) is 5.75 Å². The smallest absolute Gasteiger partial charge is 0.311 e. The highest BCUT2D eigenvalue weighted by Gasteiger charge is 2.17.